The van der Waals surface area contributed by atoms with Crippen LogP contribution in [0, 0.1) is 0 Å². The average molecular weight is 470 g/mol. The summed E-state index contributed by atoms with van der Waals surface area (Å²) in [6, 6.07) is 38.8. The first kappa shape index (κ1) is 23.5. The van der Waals surface area contributed by atoms with Gasteiger partial charge in [-0.2, -0.15) is 0 Å². The molecule has 1 atom stereocenters. The van der Waals surface area contributed by atoms with E-state index in [0.717, 1.165) is 17.2 Å². The quantitative estimate of drug-likeness (QED) is 0.135. The summed E-state index contributed by atoms with van der Waals surface area (Å²) in [4.78, 5) is 1.30. The Kier molecular flexibility index (Phi) is 8.97. The number of thioether (sulfide) groups is 2. The summed E-state index contributed by atoms with van der Waals surface area (Å²) in [5.41, 5.74) is 12.0. The molecule has 0 aliphatic rings. The van der Waals surface area contributed by atoms with Crippen LogP contribution in [0.4, 0.5) is 5.69 Å². The minimum absolute atomic E-state index is 0.521. The molecule has 0 radical (unpaired) electrons. The maximum absolute atomic E-state index is 5.79. The molecule has 4 aromatic rings. The summed E-state index contributed by atoms with van der Waals surface area (Å²) in [5, 5.41) is 0.521. The Labute approximate surface area is 206 Å². The van der Waals surface area contributed by atoms with Gasteiger partial charge in [-0.1, -0.05) is 91.3 Å². The minimum atomic E-state index is 0.521. The predicted molar refractivity (Wildman–Crippen MR) is 148 cm³/mol. The number of nitrogen functional groups attached to an aromatic ring is 1. The number of hydrogen-bond donors (Lipinski definition) is 1. The average Bonchev–Trinajstić information content (AvgIpc) is 2.88. The van der Waals surface area contributed by atoms with E-state index in [1.165, 1.54) is 46.4 Å². The number of rotatable bonds is 11. The zero-order valence-corrected chi connectivity index (χ0v) is 20.5. The molecule has 33 heavy (non-hydrogen) atoms. The van der Waals surface area contributed by atoms with Gasteiger partial charge >= 0.3 is 0 Å². The Morgan fingerprint density at radius 1 is 0.667 bits per heavy atom. The fourth-order valence-electron chi connectivity index (χ4n) is 3.87. The van der Waals surface area contributed by atoms with Gasteiger partial charge < -0.3 is 5.73 Å². The lowest BCUT2D eigenvalue weighted by Crippen LogP contribution is -1.96. The molecule has 1 nitrogen and oxygen atoms in total. The Bertz CT molecular complexity index is 1090. The van der Waals surface area contributed by atoms with Gasteiger partial charge in [-0.15, -0.1) is 23.5 Å². The first-order valence-electron chi connectivity index (χ1n) is 11.6. The summed E-state index contributed by atoms with van der Waals surface area (Å²) in [6.07, 6.45) is 3.66. The molecule has 0 aliphatic heterocycles. The molecule has 4 aromatic carbocycles. The third kappa shape index (κ3) is 7.45. The number of unbranched alkanes of at least 4 members (excludes halogenated alkanes) is 1. The molecule has 0 aromatic heterocycles. The highest BCUT2D eigenvalue weighted by Crippen LogP contribution is 2.36. The van der Waals surface area contributed by atoms with Crippen molar-refractivity contribution in [2.75, 3.05) is 11.5 Å². The Morgan fingerprint density at radius 2 is 1.36 bits per heavy atom. The molecule has 0 fully saturated rings. The topological polar surface area (TPSA) is 26.0 Å². The van der Waals surface area contributed by atoms with E-state index >= 15 is 0 Å². The first-order valence-corrected chi connectivity index (χ1v) is 13.6. The fourth-order valence-corrected chi connectivity index (χ4v) is 6.04. The molecule has 0 spiro atoms. The Morgan fingerprint density at radius 3 is 2.12 bits per heavy atom. The van der Waals surface area contributed by atoms with E-state index < -0.39 is 0 Å². The van der Waals surface area contributed by atoms with Crippen LogP contribution in [0.2, 0.25) is 0 Å². The molecule has 0 heterocycles. The lowest BCUT2D eigenvalue weighted by Gasteiger charge is -2.17. The smallest absolute Gasteiger partial charge is 0.0314 e. The molecule has 4 rings (SSSR count). The number of anilines is 1. The van der Waals surface area contributed by atoms with Gasteiger partial charge in [-0.05, 0) is 65.1 Å². The molecule has 168 valence electrons. The summed E-state index contributed by atoms with van der Waals surface area (Å²) in [7, 11) is 0. The van der Waals surface area contributed by atoms with Crippen LogP contribution in [0.25, 0.3) is 11.1 Å². The van der Waals surface area contributed by atoms with E-state index in [-0.39, 0.29) is 0 Å². The van der Waals surface area contributed by atoms with Crippen LogP contribution in [0.15, 0.2) is 114 Å². The molecule has 2 N–H and O–H groups in total. The third-order valence-corrected chi connectivity index (χ3v) is 8.17. The van der Waals surface area contributed by atoms with Crippen LogP contribution in [0.1, 0.15) is 35.6 Å². The van der Waals surface area contributed by atoms with E-state index in [2.05, 4.69) is 109 Å². The maximum Gasteiger partial charge on any atom is 0.0314 e. The maximum atomic E-state index is 5.79. The van der Waals surface area contributed by atoms with Crippen LogP contribution in [-0.2, 0) is 5.75 Å². The van der Waals surface area contributed by atoms with Crippen molar-refractivity contribution in [1.29, 1.82) is 0 Å². The third-order valence-electron chi connectivity index (χ3n) is 5.67. The van der Waals surface area contributed by atoms with Crippen LogP contribution < -0.4 is 5.73 Å². The van der Waals surface area contributed by atoms with Gasteiger partial charge in [-0.3, -0.25) is 0 Å². The highest BCUT2D eigenvalue weighted by Gasteiger charge is 2.12. The number of benzene rings is 4. The van der Waals surface area contributed by atoms with E-state index in [0.29, 0.717) is 5.25 Å². The molecule has 0 bridgehead atoms. The van der Waals surface area contributed by atoms with Crippen molar-refractivity contribution in [3.8, 4) is 11.1 Å². The zero-order chi connectivity index (χ0) is 22.7. The summed E-state index contributed by atoms with van der Waals surface area (Å²) in [6.45, 7) is 0. The van der Waals surface area contributed by atoms with E-state index in [1.807, 2.05) is 23.9 Å². The van der Waals surface area contributed by atoms with Crippen LogP contribution >= 0.6 is 23.5 Å². The first-order chi connectivity index (χ1) is 16.3. The van der Waals surface area contributed by atoms with Crippen molar-refractivity contribution in [2.24, 2.45) is 0 Å². The van der Waals surface area contributed by atoms with Crippen LogP contribution in [0.5, 0.6) is 0 Å². The molecule has 0 saturated heterocycles. The van der Waals surface area contributed by atoms with Crippen molar-refractivity contribution in [2.45, 2.75) is 35.2 Å². The second-order valence-electron chi connectivity index (χ2n) is 8.19. The Hall–Kier alpha value is -2.62. The monoisotopic (exact) mass is 469 g/mol. The number of nitrogens with two attached hydrogens (primary N) is 1. The van der Waals surface area contributed by atoms with Gasteiger partial charge in [0.15, 0.2) is 0 Å². The summed E-state index contributed by atoms with van der Waals surface area (Å²) >= 11 is 3.99. The normalized spacial score (nSPS) is 11.9. The molecular weight excluding hydrogens is 438 g/mol. The van der Waals surface area contributed by atoms with Gasteiger partial charge in [0, 0.05) is 21.6 Å². The lowest BCUT2D eigenvalue weighted by atomic mass is 10.0. The predicted octanol–water partition coefficient (Wildman–Crippen LogP) is 8.87. The molecular formula is C30H31NS2. The zero-order valence-electron chi connectivity index (χ0n) is 18.9. The standard InChI is InChI=1S/C30H31NS2/c31-28-17-19-29(20-18-28)32-21-8-7-16-30(26-13-5-2-6-14-26)33-23-24-10-9-15-27(22-24)25-11-3-1-4-12-25/h1-6,9-15,17-20,22,30H,7-8,16,21,23,31H2. The molecule has 0 amide bonds. The highest BCUT2D eigenvalue weighted by atomic mass is 32.2. The Balaban J connectivity index is 1.32. The van der Waals surface area contributed by atoms with Gasteiger partial charge in [0.05, 0.1) is 0 Å². The molecule has 1 unspecified atom stereocenters. The van der Waals surface area contributed by atoms with Gasteiger partial charge in [0.25, 0.3) is 0 Å². The van der Waals surface area contributed by atoms with Gasteiger partial charge in [0.1, 0.15) is 0 Å². The van der Waals surface area contributed by atoms with Crippen molar-refractivity contribution in [3.63, 3.8) is 0 Å². The van der Waals surface area contributed by atoms with E-state index in [9.17, 15) is 0 Å². The number of hydrogen-bond acceptors (Lipinski definition) is 3. The molecule has 3 heteroatoms. The van der Waals surface area contributed by atoms with Gasteiger partial charge in [0.2, 0.25) is 0 Å². The lowest BCUT2D eigenvalue weighted by molar-refractivity contribution is 0.711. The van der Waals surface area contributed by atoms with Gasteiger partial charge in [-0.25, -0.2) is 0 Å². The van der Waals surface area contributed by atoms with Crippen molar-refractivity contribution >= 4 is 29.2 Å². The van der Waals surface area contributed by atoms with Crippen LogP contribution in [-0.4, -0.2) is 5.75 Å². The molecule has 0 saturated carbocycles. The highest BCUT2D eigenvalue weighted by molar-refractivity contribution is 7.99. The van der Waals surface area contributed by atoms with Crippen molar-refractivity contribution < 1.29 is 0 Å². The fraction of sp³-hybridized carbons (Fsp3) is 0.200. The summed E-state index contributed by atoms with van der Waals surface area (Å²) in [5.74, 6) is 2.18. The largest absolute Gasteiger partial charge is 0.399 e. The van der Waals surface area contributed by atoms with Crippen molar-refractivity contribution in [3.05, 3.63) is 120 Å². The van der Waals surface area contributed by atoms with E-state index in [4.69, 9.17) is 5.73 Å². The summed E-state index contributed by atoms with van der Waals surface area (Å²) < 4.78 is 0. The SMILES string of the molecule is Nc1ccc(SCCCCC(SCc2cccc(-c3ccccc3)c2)c2ccccc2)cc1. The minimum Gasteiger partial charge on any atom is -0.399 e. The second-order valence-corrected chi connectivity index (χ2v) is 10.5. The molecule has 0 aliphatic carbocycles. The van der Waals surface area contributed by atoms with E-state index in [1.54, 1.807) is 0 Å². The van der Waals surface area contributed by atoms with Crippen LogP contribution in [0.3, 0.4) is 0 Å². The van der Waals surface area contributed by atoms with Crippen molar-refractivity contribution in [1.82, 2.24) is 0 Å². The second kappa shape index (κ2) is 12.6.